The van der Waals surface area contributed by atoms with Gasteiger partial charge in [0.25, 0.3) is 5.56 Å². The first-order valence-electron chi connectivity index (χ1n) is 6.28. The maximum atomic E-state index is 12.5. The lowest BCUT2D eigenvalue weighted by Crippen LogP contribution is -2.34. The Morgan fingerprint density at radius 2 is 2.24 bits per heavy atom. The summed E-state index contributed by atoms with van der Waals surface area (Å²) in [5, 5.41) is 19.1. The molecule has 0 saturated heterocycles. The Morgan fingerprint density at radius 3 is 2.90 bits per heavy atom. The van der Waals surface area contributed by atoms with Crippen molar-refractivity contribution < 1.29 is 5.11 Å². The van der Waals surface area contributed by atoms with Crippen molar-refractivity contribution in [3.8, 4) is 17.3 Å². The number of nitrogens with zero attached hydrogens (tertiary/aromatic N) is 5. The molecule has 106 valence electrons. The molecule has 0 aliphatic carbocycles. The summed E-state index contributed by atoms with van der Waals surface area (Å²) in [6.07, 6.45) is 4.43. The molecule has 0 bridgehead atoms. The molecule has 1 atom stereocenters. The summed E-state index contributed by atoms with van der Waals surface area (Å²) in [4.78, 5) is 24.7. The lowest BCUT2D eigenvalue weighted by molar-refractivity contribution is 0.217. The quantitative estimate of drug-likeness (QED) is 0.795. The third-order valence-electron chi connectivity index (χ3n) is 3.23. The topological polar surface area (TPSA) is 105 Å². The molecule has 7 nitrogen and oxygen atoms in total. The van der Waals surface area contributed by atoms with Gasteiger partial charge in [-0.05, 0) is 0 Å². The van der Waals surface area contributed by atoms with Crippen LogP contribution in [0.25, 0.3) is 11.3 Å². The lowest BCUT2D eigenvalue weighted by Gasteiger charge is -2.24. The molecular weight excluding hydrogens is 290 g/mol. The summed E-state index contributed by atoms with van der Waals surface area (Å²) in [7, 11) is 0. The fraction of sp³-hybridized carbons (Fsp3) is 0.308. The minimum Gasteiger partial charge on any atom is -0.396 e. The Kier molecular flexibility index (Phi) is 3.68. The fourth-order valence-electron chi connectivity index (χ4n) is 2.15. The molecule has 0 spiro atoms. The molecular formula is C13H11N5O2S. The molecule has 1 unspecified atom stereocenters. The summed E-state index contributed by atoms with van der Waals surface area (Å²) in [5.74, 6) is 0.694. The second kappa shape index (κ2) is 5.63. The Bertz CT molecular complexity index is 769. The van der Waals surface area contributed by atoms with Crippen molar-refractivity contribution in [3.63, 3.8) is 0 Å². The molecule has 1 N–H and O–H groups in total. The highest BCUT2D eigenvalue weighted by molar-refractivity contribution is 7.99. The van der Waals surface area contributed by atoms with Gasteiger partial charge >= 0.3 is 0 Å². The van der Waals surface area contributed by atoms with Gasteiger partial charge in [0.1, 0.15) is 18.0 Å². The smallest absolute Gasteiger partial charge is 0.272 e. The third kappa shape index (κ3) is 2.41. The molecule has 3 rings (SSSR count). The average Bonchev–Trinajstić information content (AvgIpc) is 2.55. The maximum absolute atomic E-state index is 12.5. The minimum absolute atomic E-state index is 0.000508. The van der Waals surface area contributed by atoms with Crippen molar-refractivity contribution in [1.29, 1.82) is 5.26 Å². The highest BCUT2D eigenvalue weighted by Gasteiger charge is 2.24. The largest absolute Gasteiger partial charge is 0.396 e. The number of aliphatic hydroxyl groups is 1. The molecule has 0 saturated carbocycles. The molecule has 0 amide bonds. The van der Waals surface area contributed by atoms with E-state index in [4.69, 9.17) is 0 Å². The number of hydrogen-bond donors (Lipinski definition) is 1. The van der Waals surface area contributed by atoms with E-state index in [1.165, 1.54) is 35.0 Å². The predicted octanol–water partition coefficient (Wildman–Crippen LogP) is 0.286. The Balaban J connectivity index is 2.19. The number of aliphatic hydroxyl groups excluding tert-OH is 1. The third-order valence-corrected chi connectivity index (χ3v) is 4.44. The molecule has 3 heterocycles. The second-order valence-corrected chi connectivity index (χ2v) is 5.62. The van der Waals surface area contributed by atoms with E-state index in [1.54, 1.807) is 0 Å². The van der Waals surface area contributed by atoms with Gasteiger partial charge in [0, 0.05) is 42.8 Å². The van der Waals surface area contributed by atoms with E-state index in [2.05, 4.69) is 15.0 Å². The molecule has 1 aliphatic heterocycles. The first-order chi connectivity index (χ1) is 10.2. The zero-order valence-corrected chi connectivity index (χ0v) is 11.7. The molecule has 0 fully saturated rings. The fourth-order valence-corrected chi connectivity index (χ4v) is 3.22. The van der Waals surface area contributed by atoms with Crippen molar-refractivity contribution >= 4 is 11.8 Å². The van der Waals surface area contributed by atoms with E-state index < -0.39 is 0 Å². The predicted molar refractivity (Wildman–Crippen MR) is 75.5 cm³/mol. The SMILES string of the molecule is N#Cc1c(-c2cncnc2)nc2n(c1=O)CC(CO)CS2. The van der Waals surface area contributed by atoms with Crippen LogP contribution in [0.15, 0.2) is 28.7 Å². The van der Waals surface area contributed by atoms with Crippen LogP contribution >= 0.6 is 11.8 Å². The number of thioether (sulfide) groups is 1. The Hall–Kier alpha value is -2.24. The number of nitriles is 1. The molecule has 2 aromatic heterocycles. The zero-order chi connectivity index (χ0) is 14.8. The van der Waals surface area contributed by atoms with Gasteiger partial charge < -0.3 is 5.11 Å². The molecule has 0 aromatic carbocycles. The second-order valence-electron chi connectivity index (χ2n) is 4.63. The molecule has 2 aromatic rings. The van der Waals surface area contributed by atoms with Crippen LogP contribution in [-0.2, 0) is 6.54 Å². The number of rotatable bonds is 2. The molecule has 1 aliphatic rings. The van der Waals surface area contributed by atoms with Crippen LogP contribution in [0.3, 0.4) is 0 Å². The molecule has 21 heavy (non-hydrogen) atoms. The highest BCUT2D eigenvalue weighted by Crippen LogP contribution is 2.28. The van der Waals surface area contributed by atoms with Gasteiger partial charge in [-0.1, -0.05) is 11.8 Å². The van der Waals surface area contributed by atoms with E-state index in [0.29, 0.717) is 28.7 Å². The average molecular weight is 301 g/mol. The van der Waals surface area contributed by atoms with Crippen molar-refractivity contribution in [1.82, 2.24) is 19.5 Å². The lowest BCUT2D eigenvalue weighted by atomic mass is 10.1. The highest BCUT2D eigenvalue weighted by atomic mass is 32.2. The van der Waals surface area contributed by atoms with Gasteiger partial charge in [-0.3, -0.25) is 9.36 Å². The Labute approximate surface area is 124 Å². The van der Waals surface area contributed by atoms with Crippen LogP contribution in [0.2, 0.25) is 0 Å². The van der Waals surface area contributed by atoms with E-state index in [0.717, 1.165) is 0 Å². The van der Waals surface area contributed by atoms with Crippen LogP contribution < -0.4 is 5.56 Å². The van der Waals surface area contributed by atoms with Gasteiger partial charge in [0.15, 0.2) is 5.16 Å². The van der Waals surface area contributed by atoms with Crippen molar-refractivity contribution in [2.24, 2.45) is 5.92 Å². The Morgan fingerprint density at radius 1 is 1.48 bits per heavy atom. The van der Waals surface area contributed by atoms with Crippen LogP contribution in [0.1, 0.15) is 5.56 Å². The zero-order valence-electron chi connectivity index (χ0n) is 10.9. The first-order valence-corrected chi connectivity index (χ1v) is 7.27. The standard InChI is InChI=1S/C13H11N5O2S/c14-1-10-11(9-2-15-7-16-3-9)17-13-18(12(10)20)4-8(5-19)6-21-13/h2-3,7-8,19H,4-6H2. The van der Waals surface area contributed by atoms with E-state index >= 15 is 0 Å². The van der Waals surface area contributed by atoms with Crippen LogP contribution in [-0.4, -0.2) is 37.0 Å². The summed E-state index contributed by atoms with van der Waals surface area (Å²) < 4.78 is 1.46. The van der Waals surface area contributed by atoms with Crippen LogP contribution in [0, 0.1) is 17.2 Å². The van der Waals surface area contributed by atoms with Crippen LogP contribution in [0.5, 0.6) is 0 Å². The van der Waals surface area contributed by atoms with Gasteiger partial charge in [-0.15, -0.1) is 0 Å². The van der Waals surface area contributed by atoms with Crippen molar-refractivity contribution in [2.45, 2.75) is 11.7 Å². The number of hydrogen-bond acceptors (Lipinski definition) is 7. The van der Waals surface area contributed by atoms with Crippen molar-refractivity contribution in [3.05, 3.63) is 34.6 Å². The first kappa shape index (κ1) is 13.7. The van der Waals surface area contributed by atoms with Gasteiger partial charge in [-0.25, -0.2) is 15.0 Å². The number of fused-ring (bicyclic) bond motifs is 1. The minimum atomic E-state index is -0.382. The molecule has 8 heteroatoms. The summed E-state index contributed by atoms with van der Waals surface area (Å²) in [6.45, 7) is 0.389. The van der Waals surface area contributed by atoms with E-state index in [9.17, 15) is 15.2 Å². The summed E-state index contributed by atoms with van der Waals surface area (Å²) >= 11 is 1.41. The maximum Gasteiger partial charge on any atom is 0.272 e. The number of aromatic nitrogens is 4. The monoisotopic (exact) mass is 301 g/mol. The summed E-state index contributed by atoms with van der Waals surface area (Å²) in [5.41, 5.74) is 0.448. The van der Waals surface area contributed by atoms with Crippen molar-refractivity contribution in [2.75, 3.05) is 12.4 Å². The van der Waals surface area contributed by atoms with Gasteiger partial charge in [0.2, 0.25) is 0 Å². The van der Waals surface area contributed by atoms with E-state index in [1.807, 2.05) is 6.07 Å². The van der Waals surface area contributed by atoms with Gasteiger partial charge in [0.05, 0.1) is 5.69 Å². The van der Waals surface area contributed by atoms with Gasteiger partial charge in [-0.2, -0.15) is 5.26 Å². The molecule has 0 radical (unpaired) electrons. The van der Waals surface area contributed by atoms with Crippen LogP contribution in [0.4, 0.5) is 0 Å². The van der Waals surface area contributed by atoms with E-state index in [-0.39, 0.29) is 23.6 Å². The summed E-state index contributed by atoms with van der Waals surface area (Å²) in [6, 6.07) is 1.92. The normalized spacial score (nSPS) is 17.0.